The number of nitrogens with zero attached hydrogens (tertiary/aromatic N) is 3. The Balaban J connectivity index is 1.52. The number of rotatable bonds is 8. The van der Waals surface area contributed by atoms with Gasteiger partial charge in [-0.05, 0) is 12.1 Å². The van der Waals surface area contributed by atoms with E-state index < -0.39 is 25.5 Å². The molecule has 3 aromatic rings. The third-order valence-electron chi connectivity index (χ3n) is 5.61. The minimum absolute atomic E-state index is 0.0877. The normalized spacial score (nSPS) is 15.5. The molecule has 0 spiro atoms. The Morgan fingerprint density at radius 1 is 1.22 bits per heavy atom. The van der Waals surface area contributed by atoms with Crippen LogP contribution >= 0.6 is 11.6 Å². The van der Waals surface area contributed by atoms with Gasteiger partial charge in [0.15, 0.2) is 17.4 Å². The van der Waals surface area contributed by atoms with Gasteiger partial charge in [0.2, 0.25) is 0 Å². The lowest BCUT2D eigenvalue weighted by Crippen LogP contribution is -2.33. The molecule has 3 heterocycles. The van der Waals surface area contributed by atoms with Crippen molar-refractivity contribution in [1.29, 1.82) is 0 Å². The minimum Gasteiger partial charge on any atom is -0.464 e. The summed E-state index contributed by atoms with van der Waals surface area (Å²) in [5.41, 5.74) is 0.575. The maximum absolute atomic E-state index is 14.9. The number of pyridine rings is 1. The largest absolute Gasteiger partial charge is 0.464 e. The molecule has 0 aliphatic carbocycles. The fourth-order valence-corrected chi connectivity index (χ4v) is 4.59. The average molecular weight is 537 g/mol. The summed E-state index contributed by atoms with van der Waals surface area (Å²) < 4.78 is 48.6. The first-order chi connectivity index (χ1) is 16.9. The molecule has 0 saturated heterocycles. The van der Waals surface area contributed by atoms with Crippen molar-refractivity contribution in [1.82, 2.24) is 9.55 Å². The highest BCUT2D eigenvalue weighted by molar-refractivity contribution is 6.76. The molecule has 0 fully saturated rings. The van der Waals surface area contributed by atoms with Crippen LogP contribution in [0.1, 0.15) is 13.8 Å². The summed E-state index contributed by atoms with van der Waals surface area (Å²) in [6.07, 6.45) is 3.17. The summed E-state index contributed by atoms with van der Waals surface area (Å²) >= 11 is 6.45. The molecule has 2 aromatic heterocycles. The first kappa shape index (κ1) is 26.4. The fourth-order valence-electron chi connectivity index (χ4n) is 3.54. The summed E-state index contributed by atoms with van der Waals surface area (Å²) in [6, 6.07) is 5.02. The van der Waals surface area contributed by atoms with Gasteiger partial charge >= 0.3 is 0 Å². The van der Waals surface area contributed by atoms with Crippen molar-refractivity contribution in [2.24, 2.45) is 10.4 Å². The molecule has 36 heavy (non-hydrogen) atoms. The minimum atomic E-state index is -1.21. The number of aliphatic imine (C=N–C) groups is 1. The van der Waals surface area contributed by atoms with Crippen LogP contribution in [0.5, 0.6) is 11.5 Å². The van der Waals surface area contributed by atoms with Crippen LogP contribution in [0.3, 0.4) is 0 Å². The van der Waals surface area contributed by atoms with Crippen LogP contribution in [-0.2, 0) is 16.2 Å². The summed E-state index contributed by atoms with van der Waals surface area (Å²) in [5.74, 6) is -2.13. The van der Waals surface area contributed by atoms with E-state index in [1.165, 1.54) is 12.3 Å². The fraction of sp³-hybridized carbons (Fsp3) is 0.440. The number of ether oxygens (including phenoxy) is 3. The highest BCUT2D eigenvalue weighted by atomic mass is 35.5. The smallest absolute Gasteiger partial charge is 0.289 e. The molecule has 1 aliphatic heterocycles. The van der Waals surface area contributed by atoms with Crippen LogP contribution in [0.4, 0.5) is 14.5 Å². The molecular formula is C25H31ClF2N4O3Si. The van der Waals surface area contributed by atoms with Gasteiger partial charge in [0.1, 0.15) is 18.1 Å². The lowest BCUT2D eigenvalue weighted by atomic mass is 9.95. The highest BCUT2D eigenvalue weighted by Crippen LogP contribution is 2.37. The summed E-state index contributed by atoms with van der Waals surface area (Å²) in [6.45, 7) is 12.8. The molecule has 1 aromatic carbocycles. The van der Waals surface area contributed by atoms with Gasteiger partial charge in [-0.25, -0.2) is 18.8 Å². The number of amidine groups is 1. The first-order valence-corrected chi connectivity index (χ1v) is 15.8. The van der Waals surface area contributed by atoms with Crippen molar-refractivity contribution in [2.45, 2.75) is 46.3 Å². The molecule has 0 atom stereocenters. The monoisotopic (exact) mass is 536 g/mol. The maximum atomic E-state index is 14.9. The number of fused-ring (bicyclic) bond motifs is 1. The zero-order chi connectivity index (χ0) is 26.1. The number of anilines is 1. The van der Waals surface area contributed by atoms with Gasteiger partial charge in [0.05, 0.1) is 23.6 Å². The van der Waals surface area contributed by atoms with Crippen LogP contribution in [0.15, 0.2) is 35.6 Å². The van der Waals surface area contributed by atoms with Crippen molar-refractivity contribution in [3.63, 3.8) is 0 Å². The number of hydrogen-bond acceptors (Lipinski definition) is 6. The Morgan fingerprint density at radius 3 is 2.58 bits per heavy atom. The van der Waals surface area contributed by atoms with E-state index in [1.807, 2.05) is 13.8 Å². The van der Waals surface area contributed by atoms with E-state index in [-0.39, 0.29) is 29.6 Å². The molecule has 4 rings (SSSR count). The third-order valence-corrected chi connectivity index (χ3v) is 7.60. The van der Waals surface area contributed by atoms with Crippen LogP contribution in [-0.4, -0.2) is 43.4 Å². The average Bonchev–Trinajstić information content (AvgIpc) is 3.11. The quantitative estimate of drug-likeness (QED) is 0.250. The molecule has 11 heteroatoms. The Hall–Kier alpha value is -2.69. The van der Waals surface area contributed by atoms with Crippen molar-refractivity contribution in [2.75, 3.05) is 25.1 Å². The van der Waals surface area contributed by atoms with Gasteiger partial charge in [-0.15, -0.1) is 0 Å². The molecule has 0 unspecified atom stereocenters. The number of benzene rings is 1. The van der Waals surface area contributed by atoms with Gasteiger partial charge in [0, 0.05) is 50.3 Å². The van der Waals surface area contributed by atoms with Gasteiger partial charge < -0.3 is 24.1 Å². The summed E-state index contributed by atoms with van der Waals surface area (Å²) in [7, 11) is -1.21. The Morgan fingerprint density at radius 2 is 1.94 bits per heavy atom. The SMILES string of the molecule is CC1(C)CN=C(Nc2cc(F)c(Oc3ccnc4c3c(Cl)cn4COCC[Si](C)(C)C)c(F)c2)OC1. The van der Waals surface area contributed by atoms with E-state index in [0.717, 1.165) is 18.2 Å². The van der Waals surface area contributed by atoms with Crippen LogP contribution in [0.25, 0.3) is 11.0 Å². The lowest BCUT2D eigenvalue weighted by molar-refractivity contribution is 0.0899. The van der Waals surface area contributed by atoms with E-state index in [2.05, 4.69) is 34.9 Å². The van der Waals surface area contributed by atoms with E-state index in [1.54, 1.807) is 10.8 Å². The van der Waals surface area contributed by atoms with Gasteiger partial charge in [-0.3, -0.25) is 0 Å². The number of aromatic nitrogens is 2. The lowest BCUT2D eigenvalue weighted by Gasteiger charge is -2.28. The molecule has 0 saturated carbocycles. The van der Waals surface area contributed by atoms with Gasteiger partial charge in [0.25, 0.3) is 6.02 Å². The first-order valence-electron chi connectivity index (χ1n) is 11.7. The number of hydrogen-bond donors (Lipinski definition) is 1. The highest BCUT2D eigenvalue weighted by Gasteiger charge is 2.25. The topological polar surface area (TPSA) is 69.9 Å². The Bertz CT molecular complexity index is 1270. The molecule has 0 radical (unpaired) electrons. The van der Waals surface area contributed by atoms with Gasteiger partial charge in [-0.1, -0.05) is 45.1 Å². The summed E-state index contributed by atoms with van der Waals surface area (Å²) in [5, 5.41) is 3.60. The molecule has 7 nitrogen and oxygen atoms in total. The zero-order valence-corrected chi connectivity index (χ0v) is 22.9. The number of halogens is 3. The number of nitrogens with one attached hydrogen (secondary N) is 1. The third kappa shape index (κ3) is 6.35. The molecule has 1 N–H and O–H groups in total. The van der Waals surface area contributed by atoms with E-state index in [9.17, 15) is 8.78 Å². The van der Waals surface area contributed by atoms with Gasteiger partial charge in [-0.2, -0.15) is 0 Å². The van der Waals surface area contributed by atoms with Crippen molar-refractivity contribution < 1.29 is 23.0 Å². The predicted octanol–water partition coefficient (Wildman–Crippen LogP) is 6.90. The Kier molecular flexibility index (Phi) is 7.58. The van der Waals surface area contributed by atoms with Crippen LogP contribution in [0.2, 0.25) is 30.7 Å². The molecular weight excluding hydrogens is 506 g/mol. The zero-order valence-electron chi connectivity index (χ0n) is 21.1. The van der Waals surface area contributed by atoms with Crippen molar-refractivity contribution in [3.8, 4) is 11.5 Å². The van der Waals surface area contributed by atoms with E-state index >= 15 is 0 Å². The second-order valence-electron chi connectivity index (χ2n) is 10.9. The second kappa shape index (κ2) is 10.4. The van der Waals surface area contributed by atoms with E-state index in [0.29, 0.717) is 35.8 Å². The molecule has 1 aliphatic rings. The van der Waals surface area contributed by atoms with Crippen LogP contribution < -0.4 is 10.1 Å². The second-order valence-corrected chi connectivity index (χ2v) is 16.9. The van der Waals surface area contributed by atoms with Crippen LogP contribution in [0, 0.1) is 17.0 Å². The molecule has 0 bridgehead atoms. The van der Waals surface area contributed by atoms with Crippen molar-refractivity contribution >= 4 is 42.4 Å². The standard InChI is InChI=1S/C25H31ClF2N4O3Si/c1-25(2)13-30-24(34-14-25)31-16-10-18(27)22(19(28)11-16)35-20-6-7-29-23-21(20)17(26)12-32(23)15-33-8-9-36(3,4)5/h6-7,10-12H,8-9,13-15H2,1-5H3,(H,30,31). The van der Waals surface area contributed by atoms with Crippen molar-refractivity contribution in [3.05, 3.63) is 47.2 Å². The molecule has 194 valence electrons. The maximum Gasteiger partial charge on any atom is 0.289 e. The van der Waals surface area contributed by atoms with E-state index in [4.69, 9.17) is 25.8 Å². The Labute approximate surface area is 215 Å². The summed E-state index contributed by atoms with van der Waals surface area (Å²) in [4.78, 5) is 8.66. The molecule has 0 amide bonds. The predicted molar refractivity (Wildman–Crippen MR) is 141 cm³/mol.